The summed E-state index contributed by atoms with van der Waals surface area (Å²) in [4.78, 5) is 0. The second kappa shape index (κ2) is 5.04. The van der Waals surface area contributed by atoms with Crippen LogP contribution in [0.25, 0.3) is 0 Å². The van der Waals surface area contributed by atoms with Crippen LogP contribution in [-0.2, 0) is 9.47 Å². The van der Waals surface area contributed by atoms with Gasteiger partial charge in [0.15, 0.2) is 0 Å². The second-order valence-electron chi connectivity index (χ2n) is 3.97. The number of hydrogen-bond acceptors (Lipinski definition) is 3. The lowest BCUT2D eigenvalue weighted by Crippen LogP contribution is -2.34. The molecule has 0 bridgehead atoms. The predicted octanol–water partition coefficient (Wildman–Crippen LogP) is 2.71. The summed E-state index contributed by atoms with van der Waals surface area (Å²) in [5.41, 5.74) is 2.04. The van der Waals surface area contributed by atoms with Crippen LogP contribution in [0.2, 0.25) is 5.02 Å². The minimum absolute atomic E-state index is 0.0506. The second-order valence-corrected chi connectivity index (χ2v) is 4.38. The van der Waals surface area contributed by atoms with Gasteiger partial charge in [0, 0.05) is 10.6 Å². The third-order valence-corrected chi connectivity index (χ3v) is 2.90. The quantitative estimate of drug-likeness (QED) is 0.798. The summed E-state index contributed by atoms with van der Waals surface area (Å²) in [5.74, 6) is 0.809. The molecule has 2 rings (SSSR count). The molecule has 1 fully saturated rings. The van der Waals surface area contributed by atoms with E-state index in [1.54, 1.807) is 0 Å². The van der Waals surface area contributed by atoms with Gasteiger partial charge in [-0.2, -0.15) is 0 Å². The first-order valence-electron chi connectivity index (χ1n) is 5.25. The van der Waals surface area contributed by atoms with E-state index in [-0.39, 0.29) is 6.10 Å². The Labute approximate surface area is 100 Å². The summed E-state index contributed by atoms with van der Waals surface area (Å²) >= 11 is 6.09. The molecule has 4 heteroatoms. The van der Waals surface area contributed by atoms with Crippen LogP contribution in [0.4, 0.5) is 0 Å². The molecule has 0 N–H and O–H groups in total. The summed E-state index contributed by atoms with van der Waals surface area (Å²) in [6.07, 6.45) is -0.0506. The summed E-state index contributed by atoms with van der Waals surface area (Å²) < 4.78 is 16.2. The third kappa shape index (κ3) is 2.67. The molecular weight excluding hydrogens is 228 g/mol. The van der Waals surface area contributed by atoms with Gasteiger partial charge in [-0.1, -0.05) is 11.6 Å². The molecule has 3 nitrogen and oxygen atoms in total. The fraction of sp³-hybridized carbons (Fsp3) is 0.500. The smallest absolute Gasteiger partial charge is 0.147 e. The molecule has 88 valence electrons. The van der Waals surface area contributed by atoms with Crippen molar-refractivity contribution in [3.8, 4) is 5.75 Å². The Kier molecular flexibility index (Phi) is 3.69. The van der Waals surface area contributed by atoms with Crippen LogP contribution in [0.5, 0.6) is 5.75 Å². The molecule has 0 aliphatic carbocycles. The molecule has 0 unspecified atom stereocenters. The van der Waals surface area contributed by atoms with Crippen molar-refractivity contribution in [2.45, 2.75) is 20.0 Å². The molecule has 1 aliphatic heterocycles. The van der Waals surface area contributed by atoms with E-state index >= 15 is 0 Å². The third-order valence-electron chi connectivity index (χ3n) is 2.51. The molecule has 1 saturated heterocycles. The van der Waals surface area contributed by atoms with Gasteiger partial charge in [0.2, 0.25) is 0 Å². The molecule has 0 amide bonds. The van der Waals surface area contributed by atoms with Gasteiger partial charge >= 0.3 is 0 Å². The summed E-state index contributed by atoms with van der Waals surface area (Å²) in [6, 6.07) is 3.91. The van der Waals surface area contributed by atoms with Crippen LogP contribution >= 0.6 is 11.6 Å². The van der Waals surface area contributed by atoms with Crippen molar-refractivity contribution in [2.75, 3.05) is 20.0 Å². The number of halogens is 1. The molecule has 1 aliphatic rings. The van der Waals surface area contributed by atoms with Crippen molar-refractivity contribution in [1.29, 1.82) is 0 Å². The van der Waals surface area contributed by atoms with Gasteiger partial charge in [0.05, 0.1) is 13.2 Å². The van der Waals surface area contributed by atoms with E-state index in [0.29, 0.717) is 20.0 Å². The van der Waals surface area contributed by atoms with Gasteiger partial charge in [-0.25, -0.2) is 0 Å². The molecule has 0 saturated carbocycles. The Morgan fingerprint density at radius 2 is 1.94 bits per heavy atom. The zero-order valence-corrected chi connectivity index (χ0v) is 10.2. The molecule has 16 heavy (non-hydrogen) atoms. The largest absolute Gasteiger partial charge is 0.485 e. The topological polar surface area (TPSA) is 27.7 Å². The van der Waals surface area contributed by atoms with E-state index in [2.05, 4.69) is 0 Å². The zero-order chi connectivity index (χ0) is 11.5. The molecule has 1 heterocycles. The molecule has 1 aromatic rings. The van der Waals surface area contributed by atoms with Crippen LogP contribution in [0.15, 0.2) is 12.1 Å². The fourth-order valence-corrected chi connectivity index (χ4v) is 1.88. The molecular formula is C12H15ClO3. The highest BCUT2D eigenvalue weighted by Crippen LogP contribution is 2.28. The molecule has 0 spiro atoms. The van der Waals surface area contributed by atoms with E-state index in [1.165, 1.54) is 0 Å². The van der Waals surface area contributed by atoms with Crippen molar-refractivity contribution >= 4 is 11.6 Å². The number of rotatable bonds is 2. The minimum Gasteiger partial charge on any atom is -0.485 e. The van der Waals surface area contributed by atoms with Crippen molar-refractivity contribution < 1.29 is 14.2 Å². The number of hydrogen-bond donors (Lipinski definition) is 0. The number of aryl methyl sites for hydroxylation is 1. The highest BCUT2D eigenvalue weighted by atomic mass is 35.5. The maximum absolute atomic E-state index is 6.09. The molecule has 0 aromatic heterocycles. The lowest BCUT2D eigenvalue weighted by molar-refractivity contribution is -0.143. The first kappa shape index (κ1) is 11.7. The van der Waals surface area contributed by atoms with Crippen LogP contribution < -0.4 is 4.74 Å². The number of benzene rings is 1. The van der Waals surface area contributed by atoms with Gasteiger partial charge < -0.3 is 14.2 Å². The molecule has 1 aromatic carbocycles. The van der Waals surface area contributed by atoms with Gasteiger partial charge in [-0.05, 0) is 31.5 Å². The van der Waals surface area contributed by atoms with Gasteiger partial charge in [0.25, 0.3) is 0 Å². The molecule has 0 atom stereocenters. The van der Waals surface area contributed by atoms with Crippen LogP contribution in [0.1, 0.15) is 11.1 Å². The zero-order valence-electron chi connectivity index (χ0n) is 9.46. The summed E-state index contributed by atoms with van der Waals surface area (Å²) in [5, 5.41) is 0.729. The summed E-state index contributed by atoms with van der Waals surface area (Å²) in [7, 11) is 0. The highest BCUT2D eigenvalue weighted by molar-refractivity contribution is 6.31. The van der Waals surface area contributed by atoms with E-state index in [9.17, 15) is 0 Å². The van der Waals surface area contributed by atoms with Crippen LogP contribution in [0.3, 0.4) is 0 Å². The first-order chi connectivity index (χ1) is 7.66. The number of ether oxygens (including phenoxy) is 3. The maximum Gasteiger partial charge on any atom is 0.147 e. The predicted molar refractivity (Wildman–Crippen MR) is 62.1 cm³/mol. The molecule has 0 radical (unpaired) electrons. The maximum atomic E-state index is 6.09. The average molecular weight is 243 g/mol. The van der Waals surface area contributed by atoms with Gasteiger partial charge in [0.1, 0.15) is 18.6 Å². The van der Waals surface area contributed by atoms with Crippen LogP contribution in [0, 0.1) is 13.8 Å². The lowest BCUT2D eigenvalue weighted by atomic mass is 10.1. The van der Waals surface area contributed by atoms with E-state index in [4.69, 9.17) is 25.8 Å². The van der Waals surface area contributed by atoms with Crippen LogP contribution in [-0.4, -0.2) is 26.1 Å². The Bertz CT molecular complexity index is 373. The first-order valence-corrected chi connectivity index (χ1v) is 5.63. The van der Waals surface area contributed by atoms with Gasteiger partial charge in [-0.3, -0.25) is 0 Å². The normalized spacial score (nSPS) is 17.4. The van der Waals surface area contributed by atoms with Crippen molar-refractivity contribution in [3.05, 3.63) is 28.3 Å². The van der Waals surface area contributed by atoms with E-state index in [0.717, 1.165) is 21.9 Å². The fourth-order valence-electron chi connectivity index (χ4n) is 1.62. The highest BCUT2D eigenvalue weighted by Gasteiger charge is 2.17. The van der Waals surface area contributed by atoms with Crippen molar-refractivity contribution in [2.24, 2.45) is 0 Å². The van der Waals surface area contributed by atoms with Gasteiger partial charge in [-0.15, -0.1) is 0 Å². The average Bonchev–Trinajstić information content (AvgIpc) is 2.27. The standard InChI is InChI=1S/C12H15ClO3/c1-8-3-11(13)9(2)12(4-8)16-10-5-14-7-15-6-10/h3-4,10H,5-7H2,1-2H3. The van der Waals surface area contributed by atoms with Crippen molar-refractivity contribution in [3.63, 3.8) is 0 Å². The van der Waals surface area contributed by atoms with E-state index < -0.39 is 0 Å². The Morgan fingerprint density at radius 1 is 1.25 bits per heavy atom. The Balaban J connectivity index is 2.13. The monoisotopic (exact) mass is 242 g/mol. The minimum atomic E-state index is -0.0506. The SMILES string of the molecule is Cc1cc(Cl)c(C)c(OC2COCOC2)c1. The summed E-state index contributed by atoms with van der Waals surface area (Å²) in [6.45, 7) is 5.41. The Morgan fingerprint density at radius 3 is 2.62 bits per heavy atom. The lowest BCUT2D eigenvalue weighted by Gasteiger charge is -2.24. The Hall–Kier alpha value is -0.770. The van der Waals surface area contributed by atoms with Crippen molar-refractivity contribution in [1.82, 2.24) is 0 Å². The van der Waals surface area contributed by atoms with E-state index in [1.807, 2.05) is 26.0 Å².